The summed E-state index contributed by atoms with van der Waals surface area (Å²) in [7, 11) is -2.39. The molecule has 16 heavy (non-hydrogen) atoms. The van der Waals surface area contributed by atoms with Crippen LogP contribution < -0.4 is 4.72 Å². The van der Waals surface area contributed by atoms with Crippen molar-refractivity contribution in [3.63, 3.8) is 0 Å². The van der Waals surface area contributed by atoms with E-state index >= 15 is 0 Å². The van der Waals surface area contributed by atoms with Gasteiger partial charge < -0.3 is 9.47 Å². The van der Waals surface area contributed by atoms with Crippen molar-refractivity contribution in [3.05, 3.63) is 0 Å². The largest absolute Gasteiger partial charge is 0.447 e. The van der Waals surface area contributed by atoms with Crippen LogP contribution in [0.3, 0.4) is 0 Å². The van der Waals surface area contributed by atoms with E-state index in [9.17, 15) is 13.2 Å². The Kier molecular flexibility index (Phi) is 3.76. The van der Waals surface area contributed by atoms with Gasteiger partial charge in [-0.3, -0.25) is 0 Å². The first-order chi connectivity index (χ1) is 7.28. The van der Waals surface area contributed by atoms with Gasteiger partial charge in [-0.25, -0.2) is 4.79 Å². The van der Waals surface area contributed by atoms with Gasteiger partial charge in [0.2, 0.25) is 0 Å². The van der Waals surface area contributed by atoms with Crippen LogP contribution in [0.5, 0.6) is 0 Å². The number of ether oxygens (including phenoxy) is 2. The number of carbonyl (C=O) groups excluding carboxylic acids is 1. The number of carbonyl (C=O) groups is 1. The highest BCUT2D eigenvalue weighted by molar-refractivity contribution is 7.87. The van der Waals surface area contributed by atoms with Gasteiger partial charge in [0.1, 0.15) is 6.61 Å². The summed E-state index contributed by atoms with van der Waals surface area (Å²) in [6.07, 6.45) is -0.847. The summed E-state index contributed by atoms with van der Waals surface area (Å²) in [6, 6.07) is 0. The van der Waals surface area contributed by atoms with E-state index in [1.807, 2.05) is 0 Å². The minimum absolute atomic E-state index is 0.0389. The normalized spacial score (nSPS) is 17.7. The Morgan fingerprint density at radius 1 is 1.56 bits per heavy atom. The average Bonchev–Trinajstić information content (AvgIpc) is 2.49. The molecular weight excluding hydrogens is 236 g/mol. The quantitative estimate of drug-likeness (QED) is 0.726. The van der Waals surface area contributed by atoms with E-state index < -0.39 is 21.8 Å². The zero-order valence-corrected chi connectivity index (χ0v) is 10.3. The van der Waals surface area contributed by atoms with Crippen molar-refractivity contribution in [2.45, 2.75) is 19.4 Å². The van der Waals surface area contributed by atoms with Crippen LogP contribution >= 0.6 is 0 Å². The minimum Gasteiger partial charge on any atom is -0.447 e. The van der Waals surface area contributed by atoms with Crippen molar-refractivity contribution in [2.24, 2.45) is 0 Å². The molecule has 1 rings (SSSR count). The molecule has 7 nitrogen and oxygen atoms in total. The topological polar surface area (TPSA) is 84.9 Å². The molecule has 1 aliphatic heterocycles. The highest BCUT2D eigenvalue weighted by atomic mass is 32.2. The van der Waals surface area contributed by atoms with Crippen LogP contribution in [0.4, 0.5) is 4.79 Å². The number of methoxy groups -OCH3 is 1. The monoisotopic (exact) mass is 252 g/mol. The molecule has 0 aromatic carbocycles. The fraction of sp³-hybridized carbons (Fsp3) is 0.875. The molecule has 1 amide bonds. The standard InChI is InChI=1S/C8H16N2O5S/c1-8(2,6-14-3)9-16(12,13)10-4-5-15-7(10)11/h9H,4-6H2,1-3H3. The summed E-state index contributed by atoms with van der Waals surface area (Å²) in [6.45, 7) is 3.65. The van der Waals surface area contributed by atoms with Crippen molar-refractivity contribution in [2.75, 3.05) is 26.9 Å². The van der Waals surface area contributed by atoms with E-state index in [4.69, 9.17) is 4.74 Å². The van der Waals surface area contributed by atoms with Crippen LogP contribution in [0.2, 0.25) is 0 Å². The van der Waals surface area contributed by atoms with Crippen LogP contribution in [0, 0.1) is 0 Å². The molecule has 1 fully saturated rings. The molecule has 8 heteroatoms. The zero-order valence-electron chi connectivity index (χ0n) is 9.52. The molecule has 1 aliphatic rings. The summed E-state index contributed by atoms with van der Waals surface area (Å²) >= 11 is 0. The first-order valence-corrected chi connectivity index (χ1v) is 6.20. The van der Waals surface area contributed by atoms with Gasteiger partial charge in [0.15, 0.2) is 0 Å². The third kappa shape index (κ3) is 3.06. The molecule has 0 atom stereocenters. The van der Waals surface area contributed by atoms with Crippen molar-refractivity contribution >= 4 is 16.3 Å². The van der Waals surface area contributed by atoms with Crippen LogP contribution in [0.25, 0.3) is 0 Å². The van der Waals surface area contributed by atoms with Gasteiger partial charge in [-0.15, -0.1) is 0 Å². The molecule has 0 aromatic rings. The van der Waals surface area contributed by atoms with E-state index in [2.05, 4.69) is 9.46 Å². The lowest BCUT2D eigenvalue weighted by Gasteiger charge is -2.26. The van der Waals surface area contributed by atoms with E-state index in [1.165, 1.54) is 7.11 Å². The Balaban J connectivity index is 2.75. The summed E-state index contributed by atoms with van der Waals surface area (Å²) in [5.74, 6) is 0. The van der Waals surface area contributed by atoms with E-state index in [0.717, 1.165) is 0 Å². The predicted octanol–water partition coefficient (Wildman–Crippen LogP) is -0.302. The minimum atomic E-state index is -3.86. The molecule has 0 radical (unpaired) electrons. The lowest BCUT2D eigenvalue weighted by molar-refractivity contribution is 0.140. The molecule has 1 heterocycles. The Hall–Kier alpha value is -0.860. The summed E-state index contributed by atoms with van der Waals surface area (Å²) in [5.41, 5.74) is -0.781. The van der Waals surface area contributed by atoms with Crippen LogP contribution in [0.15, 0.2) is 0 Å². The second kappa shape index (κ2) is 4.56. The maximum absolute atomic E-state index is 11.8. The van der Waals surface area contributed by atoms with Crippen molar-refractivity contribution in [3.8, 4) is 0 Å². The molecular formula is C8H16N2O5S. The lowest BCUT2D eigenvalue weighted by atomic mass is 10.1. The zero-order chi connectivity index (χ0) is 12.4. The van der Waals surface area contributed by atoms with Crippen LogP contribution in [0.1, 0.15) is 13.8 Å². The number of rotatable bonds is 5. The number of hydrogen-bond acceptors (Lipinski definition) is 5. The van der Waals surface area contributed by atoms with E-state index in [1.54, 1.807) is 13.8 Å². The average molecular weight is 252 g/mol. The highest BCUT2D eigenvalue weighted by Gasteiger charge is 2.36. The summed E-state index contributed by atoms with van der Waals surface area (Å²) in [4.78, 5) is 11.1. The fourth-order valence-corrected chi connectivity index (χ4v) is 2.82. The molecule has 0 saturated carbocycles. The molecule has 1 saturated heterocycles. The van der Waals surface area contributed by atoms with Gasteiger partial charge in [-0.1, -0.05) is 0 Å². The molecule has 0 unspecified atom stereocenters. The Morgan fingerprint density at radius 3 is 2.62 bits per heavy atom. The Labute approximate surface area is 94.9 Å². The molecule has 0 bridgehead atoms. The van der Waals surface area contributed by atoms with Crippen LogP contribution in [-0.4, -0.2) is 51.2 Å². The van der Waals surface area contributed by atoms with E-state index in [0.29, 0.717) is 4.31 Å². The highest BCUT2D eigenvalue weighted by Crippen LogP contribution is 2.12. The van der Waals surface area contributed by atoms with Gasteiger partial charge in [-0.2, -0.15) is 17.4 Å². The lowest BCUT2D eigenvalue weighted by Crippen LogP contribution is -2.52. The first-order valence-electron chi connectivity index (χ1n) is 4.76. The Morgan fingerprint density at radius 2 is 2.19 bits per heavy atom. The van der Waals surface area contributed by atoms with Crippen LogP contribution in [-0.2, 0) is 19.7 Å². The van der Waals surface area contributed by atoms with Crippen molar-refractivity contribution in [1.29, 1.82) is 0 Å². The summed E-state index contributed by atoms with van der Waals surface area (Å²) < 4.78 is 36.1. The van der Waals surface area contributed by atoms with Gasteiger partial charge in [0, 0.05) is 7.11 Å². The van der Waals surface area contributed by atoms with Gasteiger partial charge in [0.05, 0.1) is 18.7 Å². The smallest absolute Gasteiger partial charge is 0.424 e. The maximum Gasteiger partial charge on any atom is 0.424 e. The van der Waals surface area contributed by atoms with Gasteiger partial charge >= 0.3 is 16.3 Å². The number of nitrogens with zero attached hydrogens (tertiary/aromatic N) is 1. The second-order valence-electron chi connectivity index (χ2n) is 4.11. The number of hydrogen-bond donors (Lipinski definition) is 1. The molecule has 1 N–H and O–H groups in total. The third-order valence-electron chi connectivity index (χ3n) is 1.92. The van der Waals surface area contributed by atoms with Gasteiger partial charge in [0.25, 0.3) is 0 Å². The van der Waals surface area contributed by atoms with Gasteiger partial charge in [-0.05, 0) is 13.8 Å². The van der Waals surface area contributed by atoms with Crippen molar-refractivity contribution in [1.82, 2.24) is 9.03 Å². The maximum atomic E-state index is 11.8. The number of amides is 1. The predicted molar refractivity (Wildman–Crippen MR) is 56.1 cm³/mol. The fourth-order valence-electron chi connectivity index (χ4n) is 1.39. The van der Waals surface area contributed by atoms with E-state index in [-0.39, 0.29) is 19.8 Å². The first kappa shape index (κ1) is 13.2. The molecule has 0 aromatic heterocycles. The molecule has 0 aliphatic carbocycles. The third-order valence-corrected chi connectivity index (χ3v) is 3.65. The number of cyclic esters (lactones) is 1. The summed E-state index contributed by atoms with van der Waals surface area (Å²) in [5, 5.41) is 0. The SMILES string of the molecule is COCC(C)(C)NS(=O)(=O)N1CCOC1=O. The Bertz CT molecular complexity index is 365. The number of nitrogens with one attached hydrogen (secondary N) is 1. The molecule has 94 valence electrons. The second-order valence-corrected chi connectivity index (χ2v) is 5.71. The molecule has 0 spiro atoms. The van der Waals surface area contributed by atoms with Crippen molar-refractivity contribution < 1.29 is 22.7 Å².